The summed E-state index contributed by atoms with van der Waals surface area (Å²) in [5, 5.41) is 14.1. The maximum atomic E-state index is 12.8. The minimum atomic E-state index is -1.48. The molecule has 3 nitrogen and oxygen atoms in total. The van der Waals surface area contributed by atoms with E-state index in [1.165, 1.54) is 5.20 Å². The van der Waals surface area contributed by atoms with Crippen molar-refractivity contribution in [2.24, 2.45) is 0 Å². The summed E-state index contributed by atoms with van der Waals surface area (Å²) in [7, 11) is 0.207. The number of allylic oxidation sites excluding steroid dienone is 5. The maximum Gasteiger partial charge on any atom is 1.00 e. The van der Waals surface area contributed by atoms with Gasteiger partial charge in [0.1, 0.15) is 6.23 Å². The third-order valence-electron chi connectivity index (χ3n) is 3.80. The van der Waals surface area contributed by atoms with E-state index in [9.17, 15) is 5.11 Å². The second kappa shape index (κ2) is 7.04. The van der Waals surface area contributed by atoms with Crippen molar-refractivity contribution in [2.45, 2.75) is 45.1 Å². The number of rotatable bonds is 3. The van der Waals surface area contributed by atoms with Gasteiger partial charge in [0.2, 0.25) is 0 Å². The van der Waals surface area contributed by atoms with Crippen LogP contribution in [0.4, 0.5) is 0 Å². The summed E-state index contributed by atoms with van der Waals surface area (Å²) >= 11 is 0. The summed E-state index contributed by atoms with van der Waals surface area (Å²) in [6.07, 6.45) is 9.22. The van der Waals surface area contributed by atoms with Crippen molar-refractivity contribution in [3.8, 4) is 0 Å². The predicted molar refractivity (Wildman–Crippen MR) is 78.9 cm³/mol. The molecule has 2 aliphatic rings. The third-order valence-corrected chi connectivity index (χ3v) is 5.89. The zero-order chi connectivity index (χ0) is 14.0. The first-order valence-electron chi connectivity index (χ1n) is 7.03. The zero-order valence-corrected chi connectivity index (χ0v) is 14.4. The van der Waals surface area contributed by atoms with Gasteiger partial charge < -0.3 is 14.7 Å². The van der Waals surface area contributed by atoms with Crippen LogP contribution >= 0.6 is 0 Å². The zero-order valence-electron chi connectivity index (χ0n) is 13.4. The van der Waals surface area contributed by atoms with Crippen LogP contribution in [0.2, 0.25) is 19.6 Å². The molecule has 0 aromatic carbocycles. The van der Waals surface area contributed by atoms with E-state index in [4.69, 9.17) is 4.74 Å². The second-order valence-electron chi connectivity index (χ2n) is 6.25. The van der Waals surface area contributed by atoms with Gasteiger partial charge in [-0.1, -0.05) is 43.1 Å². The normalized spacial score (nSPS) is 25.3. The molecule has 2 rings (SSSR count). The first-order chi connectivity index (χ1) is 8.95. The molecule has 0 saturated carbocycles. The Labute approximate surface area is 135 Å². The Morgan fingerprint density at radius 1 is 1.40 bits per heavy atom. The van der Waals surface area contributed by atoms with Gasteiger partial charge in [-0.25, -0.2) is 0 Å². The topological polar surface area (TPSA) is 35.5 Å². The molecule has 0 aromatic rings. The van der Waals surface area contributed by atoms with Crippen LogP contribution in [0.5, 0.6) is 0 Å². The molecule has 0 amide bonds. The molecule has 20 heavy (non-hydrogen) atoms. The standard InChI is InChI=1S/C15H25NO2Si.Li/c1-18-14-10-7-11-16(14)15(17)12-8-5-6-9-13(12)19(2,3)4;/h5,8-9,14,17H,6-7,10-11H2,1-4H3;/q;+1/p-1/b15-12-;/t14-;/m1./s1. The molecule has 0 spiro atoms. The van der Waals surface area contributed by atoms with E-state index in [-0.39, 0.29) is 31.0 Å². The Morgan fingerprint density at radius 2 is 2.10 bits per heavy atom. The average molecular weight is 285 g/mol. The number of nitrogens with zero attached hydrogens (tertiary/aromatic N) is 1. The third kappa shape index (κ3) is 3.62. The summed E-state index contributed by atoms with van der Waals surface area (Å²) in [6.45, 7) is 7.70. The smallest absolute Gasteiger partial charge is 0.860 e. The van der Waals surface area contributed by atoms with Gasteiger partial charge in [0, 0.05) is 13.7 Å². The second-order valence-corrected chi connectivity index (χ2v) is 11.3. The van der Waals surface area contributed by atoms with E-state index in [1.54, 1.807) is 7.11 Å². The number of ether oxygens (including phenoxy) is 1. The van der Waals surface area contributed by atoms with Crippen molar-refractivity contribution in [3.05, 3.63) is 34.9 Å². The largest absolute Gasteiger partial charge is 1.00 e. The number of hydrogen-bond donors (Lipinski definition) is 0. The van der Waals surface area contributed by atoms with E-state index in [2.05, 4.69) is 31.8 Å². The van der Waals surface area contributed by atoms with Crippen molar-refractivity contribution < 1.29 is 28.7 Å². The van der Waals surface area contributed by atoms with Gasteiger partial charge in [-0.2, -0.15) is 0 Å². The van der Waals surface area contributed by atoms with Crippen molar-refractivity contribution in [1.29, 1.82) is 0 Å². The van der Waals surface area contributed by atoms with Crippen LogP contribution in [-0.2, 0) is 4.74 Å². The van der Waals surface area contributed by atoms with E-state index in [0.717, 1.165) is 31.4 Å². The van der Waals surface area contributed by atoms with Crippen LogP contribution < -0.4 is 24.0 Å². The Kier molecular flexibility index (Phi) is 6.21. The van der Waals surface area contributed by atoms with Gasteiger partial charge in [-0.05, 0) is 30.7 Å². The van der Waals surface area contributed by atoms with Crippen LogP contribution in [0.15, 0.2) is 34.9 Å². The molecule has 1 fully saturated rings. The first kappa shape index (κ1) is 17.6. The number of methoxy groups -OCH3 is 1. The Hall–Kier alpha value is -0.406. The van der Waals surface area contributed by atoms with Gasteiger partial charge in [0.05, 0.1) is 8.07 Å². The van der Waals surface area contributed by atoms with Crippen molar-refractivity contribution >= 4 is 8.07 Å². The summed E-state index contributed by atoms with van der Waals surface area (Å²) in [5.41, 5.74) is 0.898. The Morgan fingerprint density at radius 3 is 2.70 bits per heavy atom. The van der Waals surface area contributed by atoms with Crippen molar-refractivity contribution in [1.82, 2.24) is 4.90 Å². The van der Waals surface area contributed by atoms with Gasteiger partial charge in [-0.15, -0.1) is 0 Å². The fraction of sp³-hybridized carbons (Fsp3) is 0.600. The van der Waals surface area contributed by atoms with Gasteiger partial charge in [0.25, 0.3) is 0 Å². The summed E-state index contributed by atoms with van der Waals surface area (Å²) in [6, 6.07) is 0. The summed E-state index contributed by atoms with van der Waals surface area (Å²) in [4.78, 5) is 1.89. The monoisotopic (exact) mass is 285 g/mol. The Balaban J connectivity index is 0.00000200. The van der Waals surface area contributed by atoms with Crippen LogP contribution in [0.1, 0.15) is 19.3 Å². The van der Waals surface area contributed by atoms with E-state index < -0.39 is 8.07 Å². The summed E-state index contributed by atoms with van der Waals surface area (Å²) in [5.74, 6) is 0.147. The van der Waals surface area contributed by atoms with E-state index in [0.29, 0.717) is 0 Å². The van der Waals surface area contributed by atoms with E-state index in [1.807, 2.05) is 11.0 Å². The fourth-order valence-corrected chi connectivity index (χ4v) is 4.56. The number of hydrogen-bond acceptors (Lipinski definition) is 3. The molecule has 1 saturated heterocycles. The molecule has 5 heteroatoms. The molecule has 0 aromatic heterocycles. The van der Waals surface area contributed by atoms with Crippen LogP contribution in [0.3, 0.4) is 0 Å². The predicted octanol–water partition coefficient (Wildman–Crippen LogP) is -0.606. The molecule has 0 N–H and O–H groups in total. The molecular weight excluding hydrogens is 261 g/mol. The van der Waals surface area contributed by atoms with Crippen LogP contribution in [0, 0.1) is 0 Å². The first-order valence-corrected chi connectivity index (χ1v) is 10.5. The molecule has 1 heterocycles. The minimum Gasteiger partial charge on any atom is -0.860 e. The van der Waals surface area contributed by atoms with Gasteiger partial charge in [0.15, 0.2) is 0 Å². The fourth-order valence-electron chi connectivity index (χ4n) is 2.84. The molecule has 1 aliphatic carbocycles. The molecular formula is C15H24LiNO2Si. The van der Waals surface area contributed by atoms with Gasteiger partial charge >= 0.3 is 18.9 Å². The minimum absolute atomic E-state index is 0. The maximum absolute atomic E-state index is 12.8. The van der Waals surface area contributed by atoms with Crippen molar-refractivity contribution in [3.63, 3.8) is 0 Å². The molecule has 0 radical (unpaired) electrons. The molecule has 0 bridgehead atoms. The van der Waals surface area contributed by atoms with Crippen molar-refractivity contribution in [2.75, 3.05) is 13.7 Å². The Bertz CT molecular complexity index is 438. The summed E-state index contributed by atoms with van der Waals surface area (Å²) < 4.78 is 5.42. The molecule has 106 valence electrons. The van der Waals surface area contributed by atoms with E-state index >= 15 is 0 Å². The van der Waals surface area contributed by atoms with Gasteiger partial charge in [-0.3, -0.25) is 0 Å². The van der Waals surface area contributed by atoms with Crippen LogP contribution in [-0.4, -0.2) is 32.9 Å². The number of likely N-dealkylation sites (tertiary alicyclic amines) is 1. The van der Waals surface area contributed by atoms with Crippen LogP contribution in [0.25, 0.3) is 0 Å². The molecule has 0 unspecified atom stereocenters. The SMILES string of the molecule is CO[C@@H]1CCCN1/C([O-])=C1\C=CCC=C1[Si](C)(C)C.[Li+]. The quantitative estimate of drug-likeness (QED) is 0.513. The average Bonchev–Trinajstić information content (AvgIpc) is 2.85. The molecule has 1 atom stereocenters. The molecule has 1 aliphatic heterocycles.